The number of aromatic nitrogens is 1. The Bertz CT molecular complexity index is 908. The lowest BCUT2D eigenvalue weighted by molar-refractivity contribution is -0.116. The molecule has 152 valence electrons. The van der Waals surface area contributed by atoms with Crippen molar-refractivity contribution in [2.75, 3.05) is 29.9 Å². The van der Waals surface area contributed by atoms with Gasteiger partial charge in [0.2, 0.25) is 15.9 Å². The van der Waals surface area contributed by atoms with Gasteiger partial charge in [-0.05, 0) is 51.5 Å². The van der Waals surface area contributed by atoms with Crippen molar-refractivity contribution in [1.82, 2.24) is 9.71 Å². The second kappa shape index (κ2) is 9.66. The monoisotopic (exact) mass is 404 g/mol. The summed E-state index contributed by atoms with van der Waals surface area (Å²) in [5.41, 5.74) is 2.26. The Kier molecular flexibility index (Phi) is 7.53. The Morgan fingerprint density at radius 2 is 1.82 bits per heavy atom. The summed E-state index contributed by atoms with van der Waals surface area (Å²) in [6.07, 6.45) is 1.63. The average molecular weight is 405 g/mol. The van der Waals surface area contributed by atoms with Crippen LogP contribution in [0.1, 0.15) is 31.4 Å². The van der Waals surface area contributed by atoms with E-state index in [4.69, 9.17) is 0 Å². The predicted octanol–water partition coefficient (Wildman–Crippen LogP) is 2.85. The highest BCUT2D eigenvalue weighted by atomic mass is 32.2. The number of carbonyl (C=O) groups excluding carboxylic acids is 1. The van der Waals surface area contributed by atoms with Crippen molar-refractivity contribution in [2.45, 2.75) is 39.0 Å². The van der Waals surface area contributed by atoms with Crippen molar-refractivity contribution in [2.24, 2.45) is 0 Å². The first kappa shape index (κ1) is 21.8. The van der Waals surface area contributed by atoms with Gasteiger partial charge in [0.15, 0.2) is 0 Å². The number of pyridine rings is 1. The number of sulfonamides is 1. The lowest BCUT2D eigenvalue weighted by Crippen LogP contribution is -2.28. The Morgan fingerprint density at radius 1 is 1.11 bits per heavy atom. The van der Waals surface area contributed by atoms with Crippen LogP contribution in [0.15, 0.2) is 41.4 Å². The Hall–Kier alpha value is -2.45. The van der Waals surface area contributed by atoms with E-state index in [1.165, 1.54) is 0 Å². The molecule has 0 unspecified atom stereocenters. The van der Waals surface area contributed by atoms with E-state index in [0.29, 0.717) is 11.3 Å². The van der Waals surface area contributed by atoms with Gasteiger partial charge in [0.05, 0.1) is 16.8 Å². The van der Waals surface area contributed by atoms with E-state index in [1.807, 2.05) is 19.1 Å². The number of hydrogen-bond donors (Lipinski definition) is 2. The summed E-state index contributed by atoms with van der Waals surface area (Å²) < 4.78 is 27.3. The molecule has 1 aromatic heterocycles. The topological polar surface area (TPSA) is 91.4 Å². The molecule has 0 aliphatic rings. The molecule has 2 aromatic rings. The zero-order valence-electron chi connectivity index (χ0n) is 16.8. The number of amides is 1. The molecule has 28 heavy (non-hydrogen) atoms. The van der Waals surface area contributed by atoms with Gasteiger partial charge >= 0.3 is 0 Å². The number of benzene rings is 1. The molecule has 2 N–H and O–H groups in total. The molecule has 1 aromatic carbocycles. The van der Waals surface area contributed by atoms with Crippen molar-refractivity contribution in [1.29, 1.82) is 0 Å². The molecule has 8 heteroatoms. The maximum absolute atomic E-state index is 12.4. The average Bonchev–Trinajstić information content (AvgIpc) is 2.63. The maximum atomic E-state index is 12.4. The van der Waals surface area contributed by atoms with Crippen LogP contribution in [0.5, 0.6) is 0 Å². The van der Waals surface area contributed by atoms with Crippen molar-refractivity contribution in [3.8, 4) is 0 Å². The molecule has 0 saturated heterocycles. The summed E-state index contributed by atoms with van der Waals surface area (Å²) in [4.78, 5) is 18.8. The Morgan fingerprint density at radius 3 is 2.39 bits per heavy atom. The number of carbonyl (C=O) groups is 1. The van der Waals surface area contributed by atoms with Gasteiger partial charge in [-0.1, -0.05) is 17.7 Å². The molecule has 0 radical (unpaired) electrons. The summed E-state index contributed by atoms with van der Waals surface area (Å²) in [6, 6.07) is 8.79. The van der Waals surface area contributed by atoms with Gasteiger partial charge < -0.3 is 10.2 Å². The molecule has 0 bridgehead atoms. The number of rotatable bonds is 9. The van der Waals surface area contributed by atoms with E-state index in [0.717, 1.165) is 24.5 Å². The number of anilines is 2. The van der Waals surface area contributed by atoms with Gasteiger partial charge in [0, 0.05) is 26.1 Å². The van der Waals surface area contributed by atoms with Gasteiger partial charge in [0.1, 0.15) is 5.82 Å². The van der Waals surface area contributed by atoms with E-state index in [2.05, 4.69) is 33.8 Å². The third-order valence-corrected chi connectivity index (χ3v) is 6.00. The van der Waals surface area contributed by atoms with Crippen LogP contribution < -0.4 is 14.9 Å². The first-order valence-corrected chi connectivity index (χ1v) is 10.8. The fourth-order valence-electron chi connectivity index (χ4n) is 2.90. The summed E-state index contributed by atoms with van der Waals surface area (Å²) >= 11 is 0. The molecular formula is C20H28N4O3S. The van der Waals surface area contributed by atoms with E-state index in [-0.39, 0.29) is 23.8 Å². The number of hydrogen-bond acceptors (Lipinski definition) is 5. The zero-order chi connectivity index (χ0) is 20.7. The van der Waals surface area contributed by atoms with Crippen molar-refractivity contribution in [3.05, 3.63) is 47.7 Å². The molecule has 1 heterocycles. The highest BCUT2D eigenvalue weighted by Gasteiger charge is 2.16. The van der Waals surface area contributed by atoms with Crippen LogP contribution >= 0.6 is 0 Å². The largest absolute Gasteiger partial charge is 0.357 e. The minimum absolute atomic E-state index is 0.0203. The number of nitrogens with zero attached hydrogens (tertiary/aromatic N) is 2. The molecule has 0 fully saturated rings. The number of aryl methyl sites for hydroxylation is 2. The fourth-order valence-corrected chi connectivity index (χ4v) is 4.15. The first-order chi connectivity index (χ1) is 13.3. The van der Waals surface area contributed by atoms with Crippen molar-refractivity contribution >= 4 is 27.4 Å². The molecule has 0 spiro atoms. The Labute approximate surface area is 167 Å². The lowest BCUT2D eigenvalue weighted by atomic mass is 10.2. The van der Waals surface area contributed by atoms with Crippen LogP contribution in [-0.2, 0) is 14.8 Å². The van der Waals surface area contributed by atoms with Crippen molar-refractivity contribution < 1.29 is 13.2 Å². The van der Waals surface area contributed by atoms with Gasteiger partial charge in [-0.2, -0.15) is 0 Å². The van der Waals surface area contributed by atoms with E-state index >= 15 is 0 Å². The highest BCUT2D eigenvalue weighted by Crippen LogP contribution is 2.16. The molecule has 0 saturated carbocycles. The molecule has 0 aliphatic heterocycles. The molecule has 1 amide bonds. The second-order valence-electron chi connectivity index (χ2n) is 6.54. The molecule has 0 atom stereocenters. The molecule has 0 aliphatic carbocycles. The van der Waals surface area contributed by atoms with Crippen LogP contribution in [0.4, 0.5) is 11.5 Å². The zero-order valence-corrected chi connectivity index (χ0v) is 17.6. The van der Waals surface area contributed by atoms with Crippen LogP contribution in [0.2, 0.25) is 0 Å². The third-order valence-electron chi connectivity index (χ3n) is 4.38. The predicted molar refractivity (Wildman–Crippen MR) is 112 cm³/mol. The lowest BCUT2D eigenvalue weighted by Gasteiger charge is -2.19. The third kappa shape index (κ3) is 5.77. The smallest absolute Gasteiger partial charge is 0.240 e. The second-order valence-corrected chi connectivity index (χ2v) is 8.28. The quantitative estimate of drug-likeness (QED) is 0.671. The van der Waals surface area contributed by atoms with Gasteiger partial charge in [-0.3, -0.25) is 4.79 Å². The van der Waals surface area contributed by atoms with Crippen LogP contribution in [0.25, 0.3) is 0 Å². The normalized spacial score (nSPS) is 11.3. The molecule has 2 rings (SSSR count). The van der Waals surface area contributed by atoms with Crippen molar-refractivity contribution in [3.63, 3.8) is 0 Å². The van der Waals surface area contributed by atoms with E-state index in [9.17, 15) is 13.2 Å². The summed E-state index contributed by atoms with van der Waals surface area (Å²) in [5.74, 6) is 0.574. The van der Waals surface area contributed by atoms with Gasteiger partial charge in [-0.25, -0.2) is 18.1 Å². The van der Waals surface area contributed by atoms with Gasteiger partial charge in [-0.15, -0.1) is 0 Å². The first-order valence-electron chi connectivity index (χ1n) is 9.34. The minimum atomic E-state index is -3.65. The van der Waals surface area contributed by atoms with E-state index in [1.54, 1.807) is 31.3 Å². The molecule has 7 nitrogen and oxygen atoms in total. The SMILES string of the molecule is CCN(CC)c1ccc(NC(=O)CCNS(=O)(=O)c2ccc(C)cc2C)cn1. The van der Waals surface area contributed by atoms with Crippen LogP contribution in [-0.4, -0.2) is 38.9 Å². The summed E-state index contributed by atoms with van der Waals surface area (Å²) in [5, 5.41) is 2.73. The fraction of sp³-hybridized carbons (Fsp3) is 0.400. The minimum Gasteiger partial charge on any atom is -0.357 e. The van der Waals surface area contributed by atoms with Gasteiger partial charge in [0.25, 0.3) is 0 Å². The standard InChI is InChI=1S/C20H28N4O3S/c1-5-24(6-2)19-10-8-17(14-21-19)23-20(25)11-12-22-28(26,27)18-9-7-15(3)13-16(18)4/h7-10,13-14,22H,5-6,11-12H2,1-4H3,(H,23,25). The van der Waals surface area contributed by atoms with E-state index < -0.39 is 10.0 Å². The summed E-state index contributed by atoms with van der Waals surface area (Å²) in [7, 11) is -3.65. The van der Waals surface area contributed by atoms with Crippen LogP contribution in [0, 0.1) is 13.8 Å². The highest BCUT2D eigenvalue weighted by molar-refractivity contribution is 7.89. The summed E-state index contributed by atoms with van der Waals surface area (Å²) in [6.45, 7) is 9.51. The van der Waals surface area contributed by atoms with Crippen LogP contribution in [0.3, 0.4) is 0 Å². The Balaban J connectivity index is 1.88. The maximum Gasteiger partial charge on any atom is 0.240 e. The molecular weight excluding hydrogens is 376 g/mol. The number of nitrogens with one attached hydrogen (secondary N) is 2.